The maximum absolute atomic E-state index is 11.6. The molecule has 0 aliphatic carbocycles. The summed E-state index contributed by atoms with van der Waals surface area (Å²) in [6.07, 6.45) is 4.24. The number of carbonyl (C=O) groups excluding carboxylic acids is 1. The number of aryl methyl sites for hydroxylation is 1. The Morgan fingerprint density at radius 2 is 2.11 bits per heavy atom. The third-order valence-corrected chi connectivity index (χ3v) is 4.68. The molecular weight excluding hydrogens is 340 g/mol. The average molecular weight is 364 g/mol. The molecule has 3 rings (SSSR count). The summed E-state index contributed by atoms with van der Waals surface area (Å²) >= 11 is 0. The molecule has 2 aromatic rings. The van der Waals surface area contributed by atoms with Crippen molar-refractivity contribution in [3.63, 3.8) is 0 Å². The maximum atomic E-state index is 11.6. The summed E-state index contributed by atoms with van der Waals surface area (Å²) in [5, 5.41) is 0. The van der Waals surface area contributed by atoms with E-state index in [2.05, 4.69) is 47.8 Å². The molecule has 0 saturated heterocycles. The number of carbonyl (C=O) groups is 1. The summed E-state index contributed by atoms with van der Waals surface area (Å²) in [5.41, 5.74) is 4.35. The van der Waals surface area contributed by atoms with Gasteiger partial charge in [-0.2, -0.15) is 0 Å². The first kappa shape index (κ1) is 18.9. The van der Waals surface area contributed by atoms with Gasteiger partial charge >= 0.3 is 5.97 Å². The lowest BCUT2D eigenvalue weighted by Gasteiger charge is -2.33. The van der Waals surface area contributed by atoms with Gasteiger partial charge in [-0.15, -0.1) is 0 Å². The Labute approximate surface area is 160 Å². The summed E-state index contributed by atoms with van der Waals surface area (Å²) in [7, 11) is 0. The first-order chi connectivity index (χ1) is 12.9. The van der Waals surface area contributed by atoms with Gasteiger partial charge in [0.1, 0.15) is 11.4 Å². The highest BCUT2D eigenvalue weighted by Gasteiger charge is 2.29. The zero-order chi connectivity index (χ0) is 19.4. The van der Waals surface area contributed by atoms with Crippen LogP contribution in [0.3, 0.4) is 0 Å². The van der Waals surface area contributed by atoms with Crippen LogP contribution in [0.1, 0.15) is 55.3 Å². The zero-order valence-corrected chi connectivity index (χ0v) is 16.3. The average Bonchev–Trinajstić information content (AvgIpc) is 2.60. The van der Waals surface area contributed by atoms with Gasteiger partial charge in [-0.1, -0.05) is 19.8 Å². The lowest BCUT2D eigenvalue weighted by Crippen LogP contribution is -2.26. The minimum Gasteiger partial charge on any atom is -0.493 e. The number of nitrogens with zero attached hydrogens (tertiary/aromatic N) is 2. The van der Waals surface area contributed by atoms with Gasteiger partial charge in [-0.05, 0) is 49.3 Å². The molecule has 0 bridgehead atoms. The smallest absolute Gasteiger partial charge is 0.311 e. The van der Waals surface area contributed by atoms with E-state index in [1.807, 2.05) is 6.92 Å². The van der Waals surface area contributed by atoms with Gasteiger partial charge in [0.2, 0.25) is 0 Å². The van der Waals surface area contributed by atoms with Crippen molar-refractivity contribution < 1.29 is 14.3 Å². The molecule has 0 atom stereocenters. The van der Waals surface area contributed by atoms with Gasteiger partial charge in [0.15, 0.2) is 0 Å². The maximum Gasteiger partial charge on any atom is 0.311 e. The fourth-order valence-electron chi connectivity index (χ4n) is 3.06. The van der Waals surface area contributed by atoms with E-state index in [4.69, 9.17) is 9.47 Å². The molecule has 5 heteroatoms. The molecule has 0 radical (unpaired) electrons. The number of aromatic nitrogens is 2. The highest BCUT2D eigenvalue weighted by molar-refractivity contribution is 5.71. The van der Waals surface area contributed by atoms with Crippen LogP contribution in [0.15, 0.2) is 24.5 Å². The van der Waals surface area contributed by atoms with Gasteiger partial charge in [0.25, 0.3) is 0 Å². The molecule has 0 N–H and O–H groups in total. The summed E-state index contributed by atoms with van der Waals surface area (Å²) in [6, 6.07) is 4.18. The van der Waals surface area contributed by atoms with Crippen LogP contribution in [0.25, 0.3) is 0 Å². The molecule has 27 heavy (non-hydrogen) atoms. The van der Waals surface area contributed by atoms with E-state index in [1.165, 1.54) is 5.56 Å². The third-order valence-electron chi connectivity index (χ3n) is 4.68. The molecule has 0 spiro atoms. The molecule has 1 aliphatic heterocycles. The van der Waals surface area contributed by atoms with Gasteiger partial charge < -0.3 is 9.47 Å². The molecule has 140 valence electrons. The van der Waals surface area contributed by atoms with Crippen LogP contribution in [0.5, 0.6) is 5.75 Å². The molecule has 0 amide bonds. The lowest BCUT2D eigenvalue weighted by molar-refractivity contribution is -0.142. The Bertz CT molecular complexity index is 923. The first-order valence-corrected chi connectivity index (χ1v) is 9.15. The predicted molar refractivity (Wildman–Crippen MR) is 103 cm³/mol. The largest absolute Gasteiger partial charge is 0.493 e. The van der Waals surface area contributed by atoms with Crippen molar-refractivity contribution >= 4 is 5.97 Å². The lowest BCUT2D eigenvalue weighted by atomic mass is 9.78. The normalized spacial score (nSPS) is 14.4. The van der Waals surface area contributed by atoms with Gasteiger partial charge in [-0.3, -0.25) is 9.78 Å². The number of hydrogen-bond acceptors (Lipinski definition) is 5. The van der Waals surface area contributed by atoms with Crippen molar-refractivity contribution in [1.82, 2.24) is 9.97 Å². The Morgan fingerprint density at radius 1 is 1.30 bits per heavy atom. The molecule has 5 nitrogen and oxygen atoms in total. The summed E-state index contributed by atoms with van der Waals surface area (Å²) in [6.45, 7) is 9.35. The molecule has 1 aromatic heterocycles. The summed E-state index contributed by atoms with van der Waals surface area (Å²) in [4.78, 5) is 20.1. The van der Waals surface area contributed by atoms with E-state index in [0.717, 1.165) is 29.9 Å². The standard InChI is InChI=1S/C22H24N2O3/c1-5-26-21(25)12-18-14-23-13-17(24-18)7-6-16-11-19-20(10-15(16)2)27-9-8-22(19,3)4/h10-11,13-14H,5,8-9,12H2,1-4H3. The molecule has 0 fully saturated rings. The second kappa shape index (κ2) is 7.79. The van der Waals surface area contributed by atoms with Crippen LogP contribution in [0.2, 0.25) is 0 Å². The fourth-order valence-corrected chi connectivity index (χ4v) is 3.06. The Hall–Kier alpha value is -2.87. The van der Waals surface area contributed by atoms with E-state index in [0.29, 0.717) is 18.0 Å². The monoisotopic (exact) mass is 364 g/mol. The van der Waals surface area contributed by atoms with Crippen LogP contribution in [0, 0.1) is 18.8 Å². The molecule has 1 aromatic carbocycles. The number of fused-ring (bicyclic) bond motifs is 1. The Balaban J connectivity index is 1.87. The number of esters is 1. The first-order valence-electron chi connectivity index (χ1n) is 9.15. The quantitative estimate of drug-likeness (QED) is 0.617. The fraction of sp³-hybridized carbons (Fsp3) is 0.409. The van der Waals surface area contributed by atoms with Gasteiger partial charge in [0.05, 0.1) is 31.5 Å². The summed E-state index contributed by atoms with van der Waals surface area (Å²) in [5.74, 6) is 6.90. The van der Waals surface area contributed by atoms with Crippen LogP contribution < -0.4 is 4.74 Å². The van der Waals surface area contributed by atoms with Crippen molar-refractivity contribution in [2.45, 2.75) is 46.0 Å². The molecule has 0 saturated carbocycles. The van der Waals surface area contributed by atoms with E-state index >= 15 is 0 Å². The van der Waals surface area contributed by atoms with Crippen molar-refractivity contribution in [2.75, 3.05) is 13.2 Å². The van der Waals surface area contributed by atoms with E-state index in [-0.39, 0.29) is 17.8 Å². The Morgan fingerprint density at radius 3 is 2.89 bits per heavy atom. The van der Waals surface area contributed by atoms with Crippen LogP contribution in [-0.4, -0.2) is 29.2 Å². The third kappa shape index (κ3) is 4.46. The predicted octanol–water partition coefficient (Wildman–Crippen LogP) is 3.35. The second-order valence-corrected chi connectivity index (χ2v) is 7.27. The second-order valence-electron chi connectivity index (χ2n) is 7.27. The van der Waals surface area contributed by atoms with E-state index < -0.39 is 0 Å². The topological polar surface area (TPSA) is 61.3 Å². The molecule has 2 heterocycles. The number of rotatable bonds is 3. The number of benzene rings is 1. The van der Waals surface area contributed by atoms with Crippen molar-refractivity contribution in [1.29, 1.82) is 0 Å². The van der Waals surface area contributed by atoms with Crippen LogP contribution in [-0.2, 0) is 21.4 Å². The Kier molecular flexibility index (Phi) is 5.46. The van der Waals surface area contributed by atoms with Crippen LogP contribution >= 0.6 is 0 Å². The van der Waals surface area contributed by atoms with Crippen molar-refractivity contribution in [3.05, 3.63) is 52.6 Å². The minimum absolute atomic E-state index is 0.0665. The van der Waals surface area contributed by atoms with E-state index in [9.17, 15) is 4.79 Å². The van der Waals surface area contributed by atoms with Crippen LogP contribution in [0.4, 0.5) is 0 Å². The summed E-state index contributed by atoms with van der Waals surface area (Å²) < 4.78 is 10.8. The highest BCUT2D eigenvalue weighted by atomic mass is 16.5. The molecule has 0 unspecified atom stereocenters. The van der Waals surface area contributed by atoms with Crippen molar-refractivity contribution in [3.8, 4) is 17.6 Å². The minimum atomic E-state index is -0.315. The SMILES string of the molecule is CCOC(=O)Cc1cncc(C#Cc2cc3c(cc2C)OCCC3(C)C)n1. The van der Waals surface area contributed by atoms with Gasteiger partial charge in [-0.25, -0.2) is 4.98 Å². The van der Waals surface area contributed by atoms with Gasteiger partial charge in [0, 0.05) is 17.3 Å². The highest BCUT2D eigenvalue weighted by Crippen LogP contribution is 2.39. The molecular formula is C22H24N2O3. The number of hydrogen-bond donors (Lipinski definition) is 0. The van der Waals surface area contributed by atoms with E-state index in [1.54, 1.807) is 19.3 Å². The van der Waals surface area contributed by atoms with Crippen molar-refractivity contribution in [2.24, 2.45) is 0 Å². The zero-order valence-electron chi connectivity index (χ0n) is 16.3. The number of ether oxygens (including phenoxy) is 2. The molecule has 1 aliphatic rings.